The molecular formula is C12H18ClNO. The standard InChI is InChI=1S/C12H18ClNO/c13-7-10-15-9-4-8-14-11-12-5-2-1-3-6-12/h1-3,5-6,14H,4,7-11H2. The summed E-state index contributed by atoms with van der Waals surface area (Å²) in [5.41, 5.74) is 1.32. The zero-order chi connectivity index (χ0) is 10.8. The molecule has 1 aromatic carbocycles. The number of alkyl halides is 1. The molecule has 0 bridgehead atoms. The van der Waals surface area contributed by atoms with Crippen molar-refractivity contribution in [2.24, 2.45) is 0 Å². The van der Waals surface area contributed by atoms with E-state index >= 15 is 0 Å². The molecule has 2 nitrogen and oxygen atoms in total. The molecular weight excluding hydrogens is 210 g/mol. The van der Waals surface area contributed by atoms with E-state index in [0.29, 0.717) is 12.5 Å². The van der Waals surface area contributed by atoms with Crippen molar-refractivity contribution in [2.45, 2.75) is 13.0 Å². The lowest BCUT2D eigenvalue weighted by Gasteiger charge is -2.05. The Balaban J connectivity index is 1.93. The molecule has 0 aromatic heterocycles. The summed E-state index contributed by atoms with van der Waals surface area (Å²) in [6.07, 6.45) is 1.03. The number of hydrogen-bond acceptors (Lipinski definition) is 2. The lowest BCUT2D eigenvalue weighted by molar-refractivity contribution is 0.146. The van der Waals surface area contributed by atoms with Gasteiger partial charge >= 0.3 is 0 Å². The number of ether oxygens (including phenoxy) is 1. The summed E-state index contributed by atoms with van der Waals surface area (Å²) < 4.78 is 5.26. The maximum Gasteiger partial charge on any atom is 0.0601 e. The third-order valence-corrected chi connectivity index (χ3v) is 2.19. The summed E-state index contributed by atoms with van der Waals surface area (Å²) in [4.78, 5) is 0. The second-order valence-electron chi connectivity index (χ2n) is 3.32. The molecule has 0 saturated carbocycles. The monoisotopic (exact) mass is 227 g/mol. The van der Waals surface area contributed by atoms with Crippen molar-refractivity contribution in [1.29, 1.82) is 0 Å². The highest BCUT2D eigenvalue weighted by molar-refractivity contribution is 6.17. The van der Waals surface area contributed by atoms with E-state index < -0.39 is 0 Å². The van der Waals surface area contributed by atoms with Gasteiger partial charge < -0.3 is 10.1 Å². The maximum absolute atomic E-state index is 5.48. The summed E-state index contributed by atoms with van der Waals surface area (Å²) in [5.74, 6) is 0.581. The van der Waals surface area contributed by atoms with Crippen LogP contribution in [-0.4, -0.2) is 25.6 Å². The van der Waals surface area contributed by atoms with Crippen LogP contribution < -0.4 is 5.32 Å². The largest absolute Gasteiger partial charge is 0.380 e. The Morgan fingerprint density at radius 2 is 1.93 bits per heavy atom. The molecule has 0 radical (unpaired) electrons. The molecule has 0 fully saturated rings. The Bertz CT molecular complexity index is 241. The molecule has 0 saturated heterocycles. The van der Waals surface area contributed by atoms with Crippen LogP contribution in [0.1, 0.15) is 12.0 Å². The van der Waals surface area contributed by atoms with Gasteiger partial charge in [0.15, 0.2) is 0 Å². The van der Waals surface area contributed by atoms with Crippen LogP contribution in [0, 0.1) is 0 Å². The van der Waals surface area contributed by atoms with Gasteiger partial charge in [-0.05, 0) is 18.5 Å². The average Bonchev–Trinajstić information content (AvgIpc) is 2.29. The van der Waals surface area contributed by atoms with Crippen molar-refractivity contribution in [3.8, 4) is 0 Å². The fourth-order valence-corrected chi connectivity index (χ4v) is 1.39. The topological polar surface area (TPSA) is 21.3 Å². The van der Waals surface area contributed by atoms with E-state index in [4.69, 9.17) is 16.3 Å². The number of hydrogen-bond donors (Lipinski definition) is 1. The van der Waals surface area contributed by atoms with Gasteiger partial charge in [0.25, 0.3) is 0 Å². The van der Waals surface area contributed by atoms with Crippen molar-refractivity contribution in [1.82, 2.24) is 5.32 Å². The molecule has 0 aliphatic rings. The molecule has 0 aliphatic carbocycles. The average molecular weight is 228 g/mol. The summed E-state index contributed by atoms with van der Waals surface area (Å²) in [6, 6.07) is 10.4. The predicted octanol–water partition coefficient (Wildman–Crippen LogP) is 2.42. The van der Waals surface area contributed by atoms with Gasteiger partial charge in [-0.25, -0.2) is 0 Å². The van der Waals surface area contributed by atoms with E-state index in [-0.39, 0.29) is 0 Å². The van der Waals surface area contributed by atoms with E-state index in [2.05, 4.69) is 29.6 Å². The first-order valence-corrected chi connectivity index (χ1v) is 5.85. The van der Waals surface area contributed by atoms with Crippen molar-refractivity contribution in [2.75, 3.05) is 25.6 Å². The number of rotatable bonds is 8. The zero-order valence-electron chi connectivity index (χ0n) is 8.92. The summed E-state index contributed by atoms with van der Waals surface area (Å²) >= 11 is 5.48. The van der Waals surface area contributed by atoms with Crippen LogP contribution in [-0.2, 0) is 11.3 Å². The van der Waals surface area contributed by atoms with Crippen molar-refractivity contribution in [3.05, 3.63) is 35.9 Å². The third kappa shape index (κ3) is 6.50. The lowest BCUT2D eigenvalue weighted by Crippen LogP contribution is -2.16. The van der Waals surface area contributed by atoms with Crippen molar-refractivity contribution < 1.29 is 4.74 Å². The summed E-state index contributed by atoms with van der Waals surface area (Å²) in [6.45, 7) is 3.35. The molecule has 0 aliphatic heterocycles. The number of nitrogens with one attached hydrogen (secondary N) is 1. The Hall–Kier alpha value is -0.570. The van der Waals surface area contributed by atoms with Gasteiger partial charge in [0.05, 0.1) is 6.61 Å². The Morgan fingerprint density at radius 3 is 2.67 bits per heavy atom. The fourth-order valence-electron chi connectivity index (χ4n) is 1.28. The Labute approximate surface area is 96.6 Å². The first kappa shape index (κ1) is 12.5. The van der Waals surface area contributed by atoms with Crippen LogP contribution in [0.15, 0.2) is 30.3 Å². The molecule has 0 unspecified atom stereocenters. The molecule has 1 rings (SSSR count). The number of halogens is 1. The van der Waals surface area contributed by atoms with Crippen LogP contribution in [0.4, 0.5) is 0 Å². The molecule has 1 aromatic rings. The third-order valence-electron chi connectivity index (χ3n) is 2.04. The van der Waals surface area contributed by atoms with Crippen LogP contribution in [0.3, 0.4) is 0 Å². The quantitative estimate of drug-likeness (QED) is 0.544. The van der Waals surface area contributed by atoms with Gasteiger partial charge in [-0.3, -0.25) is 0 Å². The van der Waals surface area contributed by atoms with E-state index in [9.17, 15) is 0 Å². The Kier molecular flexibility index (Phi) is 7.26. The van der Waals surface area contributed by atoms with Gasteiger partial charge in [-0.1, -0.05) is 30.3 Å². The normalized spacial score (nSPS) is 10.5. The van der Waals surface area contributed by atoms with Crippen LogP contribution in [0.5, 0.6) is 0 Å². The highest BCUT2D eigenvalue weighted by atomic mass is 35.5. The van der Waals surface area contributed by atoms with E-state index in [1.54, 1.807) is 0 Å². The smallest absolute Gasteiger partial charge is 0.0601 e. The minimum Gasteiger partial charge on any atom is -0.380 e. The van der Waals surface area contributed by atoms with Gasteiger partial charge in [0.2, 0.25) is 0 Å². The van der Waals surface area contributed by atoms with Crippen LogP contribution in [0.2, 0.25) is 0 Å². The summed E-state index contributed by atoms with van der Waals surface area (Å²) in [7, 11) is 0. The molecule has 84 valence electrons. The lowest BCUT2D eigenvalue weighted by atomic mass is 10.2. The van der Waals surface area contributed by atoms with Gasteiger partial charge in [0.1, 0.15) is 0 Å². The first-order valence-electron chi connectivity index (χ1n) is 5.32. The minimum atomic E-state index is 0.581. The van der Waals surface area contributed by atoms with Crippen molar-refractivity contribution in [3.63, 3.8) is 0 Å². The van der Waals surface area contributed by atoms with Gasteiger partial charge in [-0.2, -0.15) is 0 Å². The highest BCUT2D eigenvalue weighted by Crippen LogP contribution is 1.96. The van der Waals surface area contributed by atoms with Crippen LogP contribution >= 0.6 is 11.6 Å². The zero-order valence-corrected chi connectivity index (χ0v) is 9.67. The van der Waals surface area contributed by atoms with E-state index in [0.717, 1.165) is 26.1 Å². The molecule has 1 N–H and O–H groups in total. The van der Waals surface area contributed by atoms with E-state index in [1.165, 1.54) is 5.56 Å². The first-order chi connectivity index (χ1) is 7.43. The molecule has 0 amide bonds. The maximum atomic E-state index is 5.48. The molecule has 0 atom stereocenters. The molecule has 15 heavy (non-hydrogen) atoms. The van der Waals surface area contributed by atoms with Gasteiger partial charge in [-0.15, -0.1) is 11.6 Å². The molecule has 0 heterocycles. The predicted molar refractivity (Wildman–Crippen MR) is 64.3 cm³/mol. The van der Waals surface area contributed by atoms with Crippen molar-refractivity contribution >= 4 is 11.6 Å². The fraction of sp³-hybridized carbons (Fsp3) is 0.500. The van der Waals surface area contributed by atoms with Gasteiger partial charge in [0, 0.05) is 19.0 Å². The summed E-state index contributed by atoms with van der Waals surface area (Å²) in [5, 5.41) is 3.37. The van der Waals surface area contributed by atoms with Crippen LogP contribution in [0.25, 0.3) is 0 Å². The second-order valence-corrected chi connectivity index (χ2v) is 3.70. The minimum absolute atomic E-state index is 0.581. The SMILES string of the molecule is ClCCOCCCNCc1ccccc1. The number of benzene rings is 1. The molecule has 0 spiro atoms. The second kappa shape index (κ2) is 8.72. The highest BCUT2D eigenvalue weighted by Gasteiger charge is 1.91. The Morgan fingerprint density at radius 1 is 1.13 bits per heavy atom. The molecule has 3 heteroatoms. The van der Waals surface area contributed by atoms with E-state index in [1.807, 2.05) is 6.07 Å².